The van der Waals surface area contributed by atoms with Crippen LogP contribution in [0.2, 0.25) is 0 Å². The van der Waals surface area contributed by atoms with Crippen LogP contribution in [0.3, 0.4) is 0 Å². The smallest absolute Gasteiger partial charge is 0.329 e. The van der Waals surface area contributed by atoms with Crippen LogP contribution in [0.15, 0.2) is 30.3 Å². The molecule has 0 bridgehead atoms. The minimum absolute atomic E-state index is 0.217. The van der Waals surface area contributed by atoms with Gasteiger partial charge < -0.3 is 10.4 Å². The van der Waals surface area contributed by atoms with Gasteiger partial charge in [-0.3, -0.25) is 4.79 Å². The van der Waals surface area contributed by atoms with E-state index in [1.807, 2.05) is 30.3 Å². The Morgan fingerprint density at radius 3 is 2.40 bits per heavy atom. The normalized spacial score (nSPS) is 19.1. The van der Waals surface area contributed by atoms with Gasteiger partial charge in [0.1, 0.15) is 5.54 Å². The first-order valence-electron chi connectivity index (χ1n) is 6.73. The second-order valence-corrected chi connectivity index (χ2v) is 6.35. The predicted molar refractivity (Wildman–Crippen MR) is 79.9 cm³/mol. The quantitative estimate of drug-likeness (QED) is 0.893. The zero-order valence-electron chi connectivity index (χ0n) is 11.5. The molecule has 1 aliphatic rings. The van der Waals surface area contributed by atoms with E-state index in [-0.39, 0.29) is 11.8 Å². The number of carboxylic acid groups (broad SMARTS) is 1. The lowest BCUT2D eigenvalue weighted by Crippen LogP contribution is -2.57. The summed E-state index contributed by atoms with van der Waals surface area (Å²) in [6, 6.07) is 9.42. The van der Waals surface area contributed by atoms with Gasteiger partial charge in [-0.05, 0) is 36.8 Å². The van der Waals surface area contributed by atoms with Gasteiger partial charge in [-0.15, -0.1) is 0 Å². The number of carbonyl (C=O) groups is 2. The molecule has 20 heavy (non-hydrogen) atoms. The molecule has 1 saturated heterocycles. The van der Waals surface area contributed by atoms with Crippen LogP contribution in [-0.4, -0.2) is 34.0 Å². The van der Waals surface area contributed by atoms with E-state index in [0.717, 1.165) is 17.1 Å². The van der Waals surface area contributed by atoms with Crippen LogP contribution in [0.1, 0.15) is 31.2 Å². The number of carbonyl (C=O) groups excluding carboxylic acids is 1. The van der Waals surface area contributed by atoms with Crippen molar-refractivity contribution in [3.05, 3.63) is 35.9 Å². The van der Waals surface area contributed by atoms with Gasteiger partial charge in [-0.1, -0.05) is 30.3 Å². The van der Waals surface area contributed by atoms with Crippen LogP contribution in [0.25, 0.3) is 0 Å². The highest BCUT2D eigenvalue weighted by atomic mass is 32.2. The van der Waals surface area contributed by atoms with Crippen molar-refractivity contribution < 1.29 is 14.7 Å². The highest BCUT2D eigenvalue weighted by Crippen LogP contribution is 2.28. The molecule has 1 fully saturated rings. The number of hydrogen-bond acceptors (Lipinski definition) is 3. The number of thioether (sulfide) groups is 1. The molecule has 1 amide bonds. The van der Waals surface area contributed by atoms with Crippen LogP contribution in [0.4, 0.5) is 0 Å². The molecule has 0 aliphatic carbocycles. The molecule has 0 radical (unpaired) electrons. The van der Waals surface area contributed by atoms with Crippen molar-refractivity contribution in [3.63, 3.8) is 0 Å². The lowest BCUT2D eigenvalue weighted by molar-refractivity contribution is -0.148. The van der Waals surface area contributed by atoms with Crippen molar-refractivity contribution in [1.29, 1.82) is 0 Å². The molecule has 0 aromatic heterocycles. The summed E-state index contributed by atoms with van der Waals surface area (Å²) in [4.78, 5) is 23.9. The highest BCUT2D eigenvalue weighted by molar-refractivity contribution is 7.99. The monoisotopic (exact) mass is 293 g/mol. The van der Waals surface area contributed by atoms with Gasteiger partial charge in [0.25, 0.3) is 0 Å². The molecular weight excluding hydrogens is 274 g/mol. The second kappa shape index (κ2) is 6.31. The van der Waals surface area contributed by atoms with E-state index in [1.54, 1.807) is 18.7 Å². The third-order valence-corrected chi connectivity index (χ3v) is 4.80. The van der Waals surface area contributed by atoms with E-state index in [4.69, 9.17) is 0 Å². The summed E-state index contributed by atoms with van der Waals surface area (Å²) in [6.45, 7) is 1.80. The molecule has 1 heterocycles. The van der Waals surface area contributed by atoms with Gasteiger partial charge >= 0.3 is 5.97 Å². The van der Waals surface area contributed by atoms with Crippen LogP contribution >= 0.6 is 11.8 Å². The van der Waals surface area contributed by atoms with Crippen molar-refractivity contribution in [1.82, 2.24) is 5.32 Å². The Morgan fingerprint density at radius 2 is 1.85 bits per heavy atom. The molecular formula is C15H19NO3S. The fourth-order valence-electron chi connectivity index (χ4n) is 2.35. The number of hydrogen-bond donors (Lipinski definition) is 2. The number of amides is 1. The van der Waals surface area contributed by atoms with Crippen LogP contribution in [0.5, 0.6) is 0 Å². The zero-order chi connectivity index (χ0) is 14.6. The largest absolute Gasteiger partial charge is 0.480 e. The summed E-state index contributed by atoms with van der Waals surface area (Å²) in [5.41, 5.74) is -0.193. The van der Waals surface area contributed by atoms with Crippen molar-refractivity contribution in [2.75, 3.05) is 11.5 Å². The van der Waals surface area contributed by atoms with Crippen molar-refractivity contribution in [3.8, 4) is 0 Å². The van der Waals surface area contributed by atoms with E-state index in [9.17, 15) is 14.7 Å². The lowest BCUT2D eigenvalue weighted by atomic mass is 9.90. The van der Waals surface area contributed by atoms with Gasteiger partial charge in [0, 0.05) is 0 Å². The Hall–Kier alpha value is -1.49. The van der Waals surface area contributed by atoms with Gasteiger partial charge in [0.15, 0.2) is 0 Å². The average molecular weight is 293 g/mol. The Labute approximate surface area is 123 Å². The fraction of sp³-hybridized carbons (Fsp3) is 0.467. The molecule has 108 valence electrons. The molecule has 0 spiro atoms. The predicted octanol–water partition coefficient (Wildman–Crippen LogP) is 2.26. The maximum atomic E-state index is 12.3. The van der Waals surface area contributed by atoms with Gasteiger partial charge in [0.05, 0.1) is 5.92 Å². The minimum atomic E-state index is -1.09. The molecule has 4 nitrogen and oxygen atoms in total. The van der Waals surface area contributed by atoms with E-state index in [1.165, 1.54) is 0 Å². The Morgan fingerprint density at radius 1 is 1.25 bits per heavy atom. The van der Waals surface area contributed by atoms with Gasteiger partial charge in [-0.2, -0.15) is 11.8 Å². The molecule has 0 unspecified atom stereocenters. The minimum Gasteiger partial charge on any atom is -0.480 e. The van der Waals surface area contributed by atoms with Crippen LogP contribution in [0, 0.1) is 0 Å². The molecule has 1 aromatic rings. The number of carboxylic acids is 1. The number of rotatable bonds is 4. The molecule has 2 rings (SSSR count). The maximum absolute atomic E-state index is 12.3. The fourth-order valence-corrected chi connectivity index (χ4v) is 3.54. The second-order valence-electron chi connectivity index (χ2n) is 5.12. The van der Waals surface area contributed by atoms with Crippen molar-refractivity contribution in [2.24, 2.45) is 0 Å². The first kappa shape index (κ1) is 14.9. The zero-order valence-corrected chi connectivity index (χ0v) is 12.3. The van der Waals surface area contributed by atoms with E-state index in [0.29, 0.717) is 12.8 Å². The summed E-state index contributed by atoms with van der Waals surface area (Å²) in [7, 11) is 0. The van der Waals surface area contributed by atoms with E-state index >= 15 is 0 Å². The number of aliphatic carboxylic acids is 1. The first-order valence-corrected chi connectivity index (χ1v) is 7.89. The number of nitrogens with one attached hydrogen (secondary N) is 1. The molecule has 1 aromatic carbocycles. The molecule has 5 heteroatoms. The Kier molecular flexibility index (Phi) is 4.70. The topological polar surface area (TPSA) is 66.4 Å². The highest BCUT2D eigenvalue weighted by Gasteiger charge is 2.41. The summed E-state index contributed by atoms with van der Waals surface area (Å²) >= 11 is 1.73. The molecule has 2 N–H and O–H groups in total. The van der Waals surface area contributed by atoms with Gasteiger partial charge in [-0.25, -0.2) is 4.79 Å². The Balaban J connectivity index is 2.11. The van der Waals surface area contributed by atoms with Crippen molar-refractivity contribution in [2.45, 2.75) is 31.2 Å². The third-order valence-electron chi connectivity index (χ3n) is 3.81. The standard InChI is InChI=1S/C15H19NO3S/c1-11(12-5-3-2-4-6-12)13(17)16-15(14(18)19)7-9-20-10-8-15/h2-6,11H,7-10H2,1H3,(H,16,17)(H,18,19)/t11-/m0/s1. The van der Waals surface area contributed by atoms with Crippen LogP contribution < -0.4 is 5.32 Å². The summed E-state index contributed by atoms with van der Waals surface area (Å²) in [5, 5.41) is 12.2. The van der Waals surface area contributed by atoms with Gasteiger partial charge in [0.2, 0.25) is 5.91 Å². The Bertz CT molecular complexity index is 483. The summed E-state index contributed by atoms with van der Waals surface area (Å²) in [5.74, 6) is 0.0532. The third kappa shape index (κ3) is 3.15. The van der Waals surface area contributed by atoms with E-state index < -0.39 is 11.5 Å². The molecule has 0 saturated carbocycles. The number of benzene rings is 1. The van der Waals surface area contributed by atoms with E-state index in [2.05, 4.69) is 5.32 Å². The summed E-state index contributed by atoms with van der Waals surface area (Å²) in [6.07, 6.45) is 0.973. The molecule has 1 atom stereocenters. The SMILES string of the molecule is C[C@H](C(=O)NC1(C(=O)O)CCSCC1)c1ccccc1. The maximum Gasteiger partial charge on any atom is 0.329 e. The van der Waals surface area contributed by atoms with Crippen molar-refractivity contribution >= 4 is 23.6 Å². The summed E-state index contributed by atoms with van der Waals surface area (Å²) < 4.78 is 0. The average Bonchev–Trinajstić information content (AvgIpc) is 2.48. The first-order chi connectivity index (χ1) is 9.55. The molecule has 1 aliphatic heterocycles. The van der Waals surface area contributed by atoms with Crippen LogP contribution in [-0.2, 0) is 9.59 Å². The lowest BCUT2D eigenvalue weighted by Gasteiger charge is -2.34.